The Morgan fingerprint density at radius 1 is 1.30 bits per heavy atom. The maximum absolute atomic E-state index is 10.9. The molecule has 0 radical (unpaired) electrons. The van der Waals surface area contributed by atoms with Crippen LogP contribution in [0, 0.1) is 0 Å². The second kappa shape index (κ2) is 8.39. The summed E-state index contributed by atoms with van der Waals surface area (Å²) in [5.41, 5.74) is 0. The molecule has 1 atom stereocenters. The van der Waals surface area contributed by atoms with Crippen LogP contribution in [0.2, 0.25) is 18.1 Å². The van der Waals surface area contributed by atoms with Crippen LogP contribution < -0.4 is 0 Å². The van der Waals surface area contributed by atoms with Crippen LogP contribution in [0.25, 0.3) is 0 Å². The summed E-state index contributed by atoms with van der Waals surface area (Å²) in [7, 11) is -0.533. The Balaban J connectivity index is 4.70. The molecule has 0 fully saturated rings. The lowest BCUT2D eigenvalue weighted by Crippen LogP contribution is -2.43. The number of methoxy groups -OCH3 is 1. The first kappa shape index (κ1) is 19.1. The monoisotopic (exact) mass is 300 g/mol. The van der Waals surface area contributed by atoms with E-state index in [2.05, 4.69) is 38.6 Å². The van der Waals surface area contributed by atoms with Crippen LogP contribution in [0.4, 0.5) is 0 Å². The normalized spacial score (nSPS) is 14.9. The van der Waals surface area contributed by atoms with Crippen LogP contribution in [0.3, 0.4) is 0 Å². The zero-order chi connectivity index (χ0) is 15.8. The molecule has 1 N–H and O–H groups in total. The third kappa shape index (κ3) is 7.03. The van der Waals surface area contributed by atoms with Gasteiger partial charge in [-0.15, -0.1) is 0 Å². The Kier molecular flexibility index (Phi) is 8.01. The fourth-order valence-corrected chi connectivity index (χ4v) is 2.57. The van der Waals surface area contributed by atoms with Gasteiger partial charge in [0.2, 0.25) is 0 Å². The Bertz CT molecular complexity index is 353. The number of allylic oxidation sites excluding steroid dienone is 2. The number of hydrogen-bond donors (Lipinski definition) is 1. The van der Waals surface area contributed by atoms with E-state index in [1.54, 1.807) is 12.2 Å². The summed E-state index contributed by atoms with van der Waals surface area (Å²) in [6.45, 7) is 11.0. The fraction of sp³-hybridized carbons (Fsp3) is 0.667. The van der Waals surface area contributed by atoms with E-state index in [1.165, 1.54) is 13.2 Å². The zero-order valence-corrected chi connectivity index (χ0v) is 14.5. The molecule has 0 spiro atoms. The molecule has 0 aliphatic rings. The lowest BCUT2D eigenvalue weighted by atomic mass is 10.2. The van der Waals surface area contributed by atoms with Crippen LogP contribution in [0.5, 0.6) is 0 Å². The molecule has 0 aliphatic heterocycles. The average molecular weight is 300 g/mol. The largest absolute Gasteiger partial charge is 0.466 e. The van der Waals surface area contributed by atoms with E-state index in [0.717, 1.165) is 0 Å². The lowest BCUT2D eigenvalue weighted by molar-refractivity contribution is -0.134. The van der Waals surface area contributed by atoms with Gasteiger partial charge in [0, 0.05) is 12.7 Å². The minimum absolute atomic E-state index is 0.0738. The van der Waals surface area contributed by atoms with E-state index >= 15 is 0 Å². The molecular weight excluding hydrogens is 272 g/mol. The van der Waals surface area contributed by atoms with Gasteiger partial charge in [0.05, 0.1) is 13.2 Å². The van der Waals surface area contributed by atoms with E-state index in [0.29, 0.717) is 6.42 Å². The van der Waals surface area contributed by atoms with Gasteiger partial charge >= 0.3 is 5.97 Å². The van der Waals surface area contributed by atoms with Gasteiger partial charge in [-0.2, -0.15) is 0 Å². The average Bonchev–Trinajstić information content (AvgIpc) is 2.32. The summed E-state index contributed by atoms with van der Waals surface area (Å²) in [5, 5.41) is 9.25. The molecule has 0 aliphatic carbocycles. The minimum Gasteiger partial charge on any atom is -0.466 e. The van der Waals surface area contributed by atoms with Crippen molar-refractivity contribution in [1.82, 2.24) is 0 Å². The van der Waals surface area contributed by atoms with E-state index in [1.807, 2.05) is 6.08 Å². The molecule has 0 amide bonds. The number of rotatable bonds is 7. The Morgan fingerprint density at radius 3 is 2.35 bits per heavy atom. The van der Waals surface area contributed by atoms with E-state index in [-0.39, 0.29) is 17.7 Å². The van der Waals surface area contributed by atoms with Gasteiger partial charge in [-0.25, -0.2) is 4.79 Å². The molecule has 0 aromatic carbocycles. The highest BCUT2D eigenvalue weighted by molar-refractivity contribution is 6.74. The van der Waals surface area contributed by atoms with Gasteiger partial charge in [0.25, 0.3) is 0 Å². The fourth-order valence-electron chi connectivity index (χ4n) is 1.27. The maximum Gasteiger partial charge on any atom is 0.330 e. The van der Waals surface area contributed by atoms with E-state index < -0.39 is 14.3 Å². The maximum atomic E-state index is 10.9. The molecule has 4 nitrogen and oxygen atoms in total. The predicted octanol–water partition coefficient (Wildman–Crippen LogP) is 3.04. The predicted molar refractivity (Wildman–Crippen MR) is 84.1 cm³/mol. The highest BCUT2D eigenvalue weighted by atomic mass is 28.4. The standard InChI is InChI=1S/C15H28O4Si/c1-15(2,3)20(5,6)19-13(11-12-16)9-7-8-10-14(17)18-4/h7-10,13,16H,11-12H2,1-6H3/b9-7+,10-8+. The summed E-state index contributed by atoms with van der Waals surface area (Å²) < 4.78 is 10.7. The van der Waals surface area contributed by atoms with Crippen LogP contribution >= 0.6 is 0 Å². The van der Waals surface area contributed by atoms with Crippen molar-refractivity contribution in [2.45, 2.75) is 51.4 Å². The van der Waals surface area contributed by atoms with Crippen molar-refractivity contribution in [1.29, 1.82) is 0 Å². The first-order chi connectivity index (χ1) is 9.14. The van der Waals surface area contributed by atoms with Gasteiger partial charge < -0.3 is 14.3 Å². The van der Waals surface area contributed by atoms with Crippen LogP contribution in [-0.4, -0.2) is 39.2 Å². The molecular formula is C15H28O4Si. The third-order valence-corrected chi connectivity index (χ3v) is 8.04. The molecule has 0 heterocycles. The Labute approximate surface area is 123 Å². The van der Waals surface area contributed by atoms with Crippen molar-refractivity contribution in [2.75, 3.05) is 13.7 Å². The smallest absolute Gasteiger partial charge is 0.330 e. The second-order valence-corrected chi connectivity index (χ2v) is 11.0. The molecule has 0 bridgehead atoms. The zero-order valence-electron chi connectivity index (χ0n) is 13.5. The van der Waals surface area contributed by atoms with Gasteiger partial charge in [0.15, 0.2) is 8.32 Å². The number of hydrogen-bond acceptors (Lipinski definition) is 4. The minimum atomic E-state index is -1.87. The first-order valence-electron chi connectivity index (χ1n) is 6.85. The molecule has 1 unspecified atom stereocenters. The number of carbonyl (C=O) groups is 1. The van der Waals surface area contributed by atoms with E-state index in [9.17, 15) is 4.79 Å². The van der Waals surface area contributed by atoms with Crippen LogP contribution in [0.1, 0.15) is 27.2 Å². The molecule has 0 rings (SSSR count). The summed E-state index contributed by atoms with van der Waals surface area (Å²) in [6, 6.07) is 0. The molecule has 5 heteroatoms. The molecule has 0 saturated heterocycles. The van der Waals surface area contributed by atoms with Crippen molar-refractivity contribution in [3.05, 3.63) is 24.3 Å². The summed E-state index contributed by atoms with van der Waals surface area (Å²) in [5.74, 6) is -0.390. The molecule has 0 aromatic heterocycles. The van der Waals surface area contributed by atoms with Gasteiger partial charge in [0.1, 0.15) is 0 Å². The highest BCUT2D eigenvalue weighted by Gasteiger charge is 2.38. The SMILES string of the molecule is COC(=O)/C=C/C=C/C(CCO)O[Si](C)(C)C(C)(C)C. The number of aliphatic hydroxyl groups excluding tert-OH is 1. The van der Waals surface area contributed by atoms with E-state index in [4.69, 9.17) is 9.53 Å². The quantitative estimate of drug-likeness (QED) is 0.340. The summed E-state index contributed by atoms with van der Waals surface area (Å²) in [6.07, 6.45) is 7.00. The lowest BCUT2D eigenvalue weighted by Gasteiger charge is -2.38. The van der Waals surface area contributed by atoms with Crippen molar-refractivity contribution in [3.8, 4) is 0 Å². The molecule has 116 valence electrons. The summed E-state index contributed by atoms with van der Waals surface area (Å²) in [4.78, 5) is 10.9. The summed E-state index contributed by atoms with van der Waals surface area (Å²) >= 11 is 0. The third-order valence-electron chi connectivity index (χ3n) is 3.54. The second-order valence-electron chi connectivity index (χ2n) is 6.20. The first-order valence-corrected chi connectivity index (χ1v) is 9.76. The van der Waals surface area contributed by atoms with Crippen molar-refractivity contribution < 1.29 is 19.1 Å². The molecule has 0 saturated carbocycles. The number of ether oxygens (including phenoxy) is 1. The van der Waals surface area contributed by atoms with Crippen molar-refractivity contribution in [2.24, 2.45) is 0 Å². The molecule has 0 aromatic rings. The van der Waals surface area contributed by atoms with Crippen LogP contribution in [0.15, 0.2) is 24.3 Å². The molecule has 20 heavy (non-hydrogen) atoms. The van der Waals surface area contributed by atoms with Gasteiger partial charge in [-0.3, -0.25) is 0 Å². The Morgan fingerprint density at radius 2 is 1.90 bits per heavy atom. The number of carbonyl (C=O) groups excluding carboxylic acids is 1. The van der Waals surface area contributed by atoms with Gasteiger partial charge in [-0.05, 0) is 24.6 Å². The highest BCUT2D eigenvalue weighted by Crippen LogP contribution is 2.37. The number of esters is 1. The topological polar surface area (TPSA) is 55.8 Å². The van der Waals surface area contributed by atoms with Crippen LogP contribution in [-0.2, 0) is 14.0 Å². The number of aliphatic hydroxyl groups is 1. The van der Waals surface area contributed by atoms with Crippen molar-refractivity contribution in [3.63, 3.8) is 0 Å². The van der Waals surface area contributed by atoms with Crippen molar-refractivity contribution >= 4 is 14.3 Å². The Hall–Kier alpha value is -0.913. The van der Waals surface area contributed by atoms with Gasteiger partial charge in [-0.1, -0.05) is 39.0 Å².